The van der Waals surface area contributed by atoms with E-state index in [9.17, 15) is 0 Å². The molecule has 0 amide bonds. The van der Waals surface area contributed by atoms with Gasteiger partial charge in [0.05, 0.1) is 22.4 Å². The highest BCUT2D eigenvalue weighted by Crippen LogP contribution is 2.49. The number of para-hydroxylation sites is 3. The fourth-order valence-electron chi connectivity index (χ4n) is 9.87. The van der Waals surface area contributed by atoms with Crippen LogP contribution in [-0.2, 0) is 0 Å². The largest absolute Gasteiger partial charge is 0.309 e. The molecule has 10 aromatic rings. The second-order valence-electron chi connectivity index (χ2n) is 15.9. The summed E-state index contributed by atoms with van der Waals surface area (Å²) >= 11 is 0. The molecule has 1 heterocycles. The van der Waals surface area contributed by atoms with Gasteiger partial charge in [-0.15, -0.1) is 0 Å². The van der Waals surface area contributed by atoms with Crippen LogP contribution in [-0.4, -0.2) is 4.57 Å². The van der Waals surface area contributed by atoms with Gasteiger partial charge in [-0.25, -0.2) is 0 Å². The highest BCUT2D eigenvalue weighted by Gasteiger charge is 2.25. The molecule has 1 aliphatic carbocycles. The lowest BCUT2D eigenvalue weighted by Crippen LogP contribution is -2.12. The Morgan fingerprint density at radius 3 is 1.91 bits per heavy atom. The first kappa shape index (κ1) is 34.4. The maximum Gasteiger partial charge on any atom is 0.0562 e. The molecule has 0 radical (unpaired) electrons. The number of nitrogens with zero attached hydrogens (tertiary/aromatic N) is 2. The summed E-state index contributed by atoms with van der Waals surface area (Å²) in [6.07, 6.45) is 6.49. The Labute approximate surface area is 340 Å². The Hall–Kier alpha value is -6.90. The van der Waals surface area contributed by atoms with Crippen molar-refractivity contribution < 1.29 is 0 Å². The Balaban J connectivity index is 1.16. The minimum absolute atomic E-state index is 0.586. The van der Waals surface area contributed by atoms with Gasteiger partial charge >= 0.3 is 0 Å². The van der Waals surface area contributed by atoms with Gasteiger partial charge in [0.25, 0.3) is 0 Å². The molecule has 9 aromatic carbocycles. The number of aromatic nitrogens is 1. The summed E-state index contributed by atoms with van der Waals surface area (Å²) in [5.74, 6) is 0.586. The summed E-state index contributed by atoms with van der Waals surface area (Å²) in [5.41, 5.74) is 13.4. The smallest absolute Gasteiger partial charge is 0.0562 e. The molecule has 0 bridgehead atoms. The molecule has 0 atom stereocenters. The zero-order valence-corrected chi connectivity index (χ0v) is 32.6. The molecular weight excluding hydrogens is 701 g/mol. The first-order valence-electron chi connectivity index (χ1n) is 20.9. The molecule has 1 fully saturated rings. The first-order chi connectivity index (χ1) is 28.8. The van der Waals surface area contributed by atoms with E-state index < -0.39 is 0 Å². The van der Waals surface area contributed by atoms with Gasteiger partial charge in [0, 0.05) is 27.7 Å². The Bertz CT molecular complexity index is 3090. The fraction of sp³-hybridized carbons (Fsp3) is 0.107. The minimum Gasteiger partial charge on any atom is -0.309 e. The average Bonchev–Trinajstić information content (AvgIpc) is 3.65. The van der Waals surface area contributed by atoms with Crippen molar-refractivity contribution in [3.8, 4) is 27.9 Å². The highest BCUT2D eigenvalue weighted by atomic mass is 15.2. The van der Waals surface area contributed by atoms with Crippen LogP contribution < -0.4 is 4.90 Å². The van der Waals surface area contributed by atoms with E-state index in [2.05, 4.69) is 210 Å². The molecule has 278 valence electrons. The summed E-state index contributed by atoms with van der Waals surface area (Å²) in [4.78, 5) is 2.52. The van der Waals surface area contributed by atoms with Crippen LogP contribution in [0.2, 0.25) is 0 Å². The van der Waals surface area contributed by atoms with Gasteiger partial charge in [0.15, 0.2) is 0 Å². The van der Waals surface area contributed by atoms with Gasteiger partial charge in [0.2, 0.25) is 0 Å². The maximum atomic E-state index is 2.52. The Morgan fingerprint density at radius 1 is 0.414 bits per heavy atom. The number of anilines is 3. The summed E-state index contributed by atoms with van der Waals surface area (Å²) in [6.45, 7) is 0. The first-order valence-corrected chi connectivity index (χ1v) is 20.9. The Kier molecular flexibility index (Phi) is 8.62. The summed E-state index contributed by atoms with van der Waals surface area (Å²) in [7, 11) is 0. The molecule has 0 saturated heterocycles. The second-order valence-corrected chi connectivity index (χ2v) is 15.9. The van der Waals surface area contributed by atoms with Gasteiger partial charge in [-0.3, -0.25) is 0 Å². The van der Waals surface area contributed by atoms with E-state index in [-0.39, 0.29) is 0 Å². The van der Waals surface area contributed by atoms with Crippen LogP contribution >= 0.6 is 0 Å². The van der Waals surface area contributed by atoms with E-state index in [0.717, 1.165) is 22.7 Å². The predicted molar refractivity (Wildman–Crippen MR) is 247 cm³/mol. The molecule has 0 N–H and O–H groups in total. The molecule has 0 unspecified atom stereocenters. The van der Waals surface area contributed by atoms with Gasteiger partial charge in [-0.05, 0) is 117 Å². The summed E-state index contributed by atoms with van der Waals surface area (Å²) in [5, 5.41) is 7.69. The summed E-state index contributed by atoms with van der Waals surface area (Å²) < 4.78 is 2.42. The van der Waals surface area contributed by atoms with Crippen molar-refractivity contribution in [3.63, 3.8) is 0 Å². The number of benzene rings is 9. The minimum atomic E-state index is 0.586. The van der Waals surface area contributed by atoms with Crippen molar-refractivity contribution in [3.05, 3.63) is 206 Å². The van der Waals surface area contributed by atoms with Crippen molar-refractivity contribution in [1.29, 1.82) is 0 Å². The van der Waals surface area contributed by atoms with Crippen molar-refractivity contribution in [2.75, 3.05) is 4.90 Å². The zero-order valence-electron chi connectivity index (χ0n) is 32.6. The molecule has 0 spiro atoms. The van der Waals surface area contributed by atoms with Crippen molar-refractivity contribution in [1.82, 2.24) is 4.57 Å². The van der Waals surface area contributed by atoms with E-state index in [4.69, 9.17) is 0 Å². The molecule has 11 rings (SSSR count). The maximum absolute atomic E-state index is 2.52. The third-order valence-electron chi connectivity index (χ3n) is 12.6. The van der Waals surface area contributed by atoms with E-state index in [1.165, 1.54) is 103 Å². The van der Waals surface area contributed by atoms with Crippen molar-refractivity contribution in [2.45, 2.75) is 38.0 Å². The SMILES string of the molecule is c1ccc(-n2c3ccccc3c3c(N(c4ccc(-c5ccc6ccccc6c5)cc4)c4ccccc4-c4cccc5cccc(C6CCCCC6)c45)cccc32)cc1. The lowest BCUT2D eigenvalue weighted by molar-refractivity contribution is 0.445. The van der Waals surface area contributed by atoms with Crippen LogP contribution in [0.15, 0.2) is 200 Å². The van der Waals surface area contributed by atoms with Crippen LogP contribution in [0.25, 0.3) is 71.3 Å². The van der Waals surface area contributed by atoms with Gasteiger partial charge in [-0.2, -0.15) is 0 Å². The topological polar surface area (TPSA) is 8.17 Å². The molecule has 2 heteroatoms. The summed E-state index contributed by atoms with van der Waals surface area (Å²) in [6, 6.07) is 74.0. The van der Waals surface area contributed by atoms with Crippen LogP contribution in [0.1, 0.15) is 43.6 Å². The molecular formula is C56H44N2. The highest BCUT2D eigenvalue weighted by molar-refractivity contribution is 6.17. The van der Waals surface area contributed by atoms with E-state index in [1.54, 1.807) is 0 Å². The van der Waals surface area contributed by atoms with Gasteiger partial charge in [-0.1, -0.05) is 165 Å². The second kappa shape index (κ2) is 14.6. The van der Waals surface area contributed by atoms with Crippen molar-refractivity contribution >= 4 is 60.4 Å². The number of hydrogen-bond acceptors (Lipinski definition) is 1. The predicted octanol–water partition coefficient (Wildman–Crippen LogP) is 15.9. The number of hydrogen-bond donors (Lipinski definition) is 0. The van der Waals surface area contributed by atoms with Crippen LogP contribution in [0.3, 0.4) is 0 Å². The average molecular weight is 745 g/mol. The Morgan fingerprint density at radius 2 is 1.05 bits per heavy atom. The molecule has 58 heavy (non-hydrogen) atoms. The lowest BCUT2D eigenvalue weighted by atomic mass is 9.80. The molecule has 1 saturated carbocycles. The van der Waals surface area contributed by atoms with Gasteiger partial charge in [0.1, 0.15) is 0 Å². The standard InChI is InChI=1S/C56H44N2/c1-3-17-41(18-4-1)47-26-13-20-42-21-14-27-49(55(42)47)48-24-9-11-28-51(48)58(46-36-34-40(35-37-46)44-33-32-39-16-7-8-19-43(39)38-44)54-31-15-30-53-56(54)50-25-10-12-29-52(50)57(53)45-22-5-2-6-23-45/h2,5-16,19-38,41H,1,3-4,17-18H2. The van der Waals surface area contributed by atoms with E-state index in [0.29, 0.717) is 5.92 Å². The molecule has 1 aliphatic rings. The number of rotatable bonds is 7. The molecule has 2 nitrogen and oxygen atoms in total. The third-order valence-corrected chi connectivity index (χ3v) is 12.6. The quantitative estimate of drug-likeness (QED) is 0.158. The molecule has 1 aromatic heterocycles. The van der Waals surface area contributed by atoms with E-state index in [1.807, 2.05) is 0 Å². The number of fused-ring (bicyclic) bond motifs is 5. The van der Waals surface area contributed by atoms with E-state index >= 15 is 0 Å². The third kappa shape index (κ3) is 5.87. The van der Waals surface area contributed by atoms with Crippen LogP contribution in [0.5, 0.6) is 0 Å². The van der Waals surface area contributed by atoms with Crippen molar-refractivity contribution in [2.24, 2.45) is 0 Å². The molecule has 0 aliphatic heterocycles. The fourth-order valence-corrected chi connectivity index (χ4v) is 9.87. The van der Waals surface area contributed by atoms with Crippen LogP contribution in [0, 0.1) is 0 Å². The normalized spacial score (nSPS) is 13.4. The van der Waals surface area contributed by atoms with Crippen LogP contribution in [0.4, 0.5) is 17.1 Å². The zero-order chi connectivity index (χ0) is 38.4. The lowest BCUT2D eigenvalue weighted by Gasteiger charge is -2.30. The van der Waals surface area contributed by atoms with Gasteiger partial charge < -0.3 is 9.47 Å². The monoisotopic (exact) mass is 744 g/mol.